The van der Waals surface area contributed by atoms with Gasteiger partial charge in [0.15, 0.2) is 0 Å². The zero-order chi connectivity index (χ0) is 20.8. The van der Waals surface area contributed by atoms with Gasteiger partial charge in [-0.25, -0.2) is 9.37 Å². The van der Waals surface area contributed by atoms with E-state index in [1.54, 1.807) is 16.7 Å². The van der Waals surface area contributed by atoms with Crippen molar-refractivity contribution >= 4 is 22.9 Å². The molecule has 1 aromatic carbocycles. The highest BCUT2D eigenvalue weighted by molar-refractivity contribution is 6.04. The number of aryl methyl sites for hydroxylation is 1. The second kappa shape index (κ2) is 6.94. The smallest absolute Gasteiger partial charge is 0.274 e. The number of benzene rings is 1. The van der Waals surface area contributed by atoms with Crippen LogP contribution in [0.15, 0.2) is 47.2 Å². The van der Waals surface area contributed by atoms with Crippen molar-refractivity contribution in [1.29, 1.82) is 0 Å². The molecule has 1 aliphatic rings. The first-order chi connectivity index (χ1) is 14.5. The molecular formula is C21H19FN6O2. The van der Waals surface area contributed by atoms with Crippen molar-refractivity contribution in [3.63, 3.8) is 0 Å². The number of aromatic nitrogens is 4. The van der Waals surface area contributed by atoms with E-state index in [4.69, 9.17) is 4.52 Å². The first-order valence-corrected chi connectivity index (χ1v) is 9.58. The molecule has 0 unspecified atom stereocenters. The number of nitrogens with one attached hydrogen (secondary N) is 2. The number of hydrogen-bond donors (Lipinski definition) is 2. The van der Waals surface area contributed by atoms with E-state index >= 15 is 0 Å². The molecule has 1 fully saturated rings. The highest BCUT2D eigenvalue weighted by Crippen LogP contribution is 2.43. The maximum absolute atomic E-state index is 13.2. The van der Waals surface area contributed by atoms with Crippen LogP contribution >= 0.6 is 0 Å². The summed E-state index contributed by atoms with van der Waals surface area (Å²) in [5.41, 5.74) is 4.19. The third-order valence-corrected chi connectivity index (χ3v) is 5.25. The molecule has 2 N–H and O–H groups in total. The minimum absolute atomic E-state index is 0.285. The molecule has 3 aromatic heterocycles. The lowest BCUT2D eigenvalue weighted by molar-refractivity contribution is 0.102. The van der Waals surface area contributed by atoms with Crippen molar-refractivity contribution in [3.05, 3.63) is 59.9 Å². The van der Waals surface area contributed by atoms with Gasteiger partial charge in [-0.2, -0.15) is 4.98 Å². The maximum Gasteiger partial charge on any atom is 0.274 e. The molecule has 5 rings (SSSR count). The Bertz CT molecular complexity index is 1260. The van der Waals surface area contributed by atoms with Crippen molar-refractivity contribution in [2.45, 2.75) is 25.4 Å². The predicted molar refractivity (Wildman–Crippen MR) is 109 cm³/mol. The van der Waals surface area contributed by atoms with E-state index in [1.165, 1.54) is 6.20 Å². The molecule has 1 saturated carbocycles. The van der Waals surface area contributed by atoms with Crippen LogP contribution in [0.5, 0.6) is 0 Å². The Morgan fingerprint density at radius 3 is 2.90 bits per heavy atom. The predicted octanol–water partition coefficient (Wildman–Crippen LogP) is 3.81. The highest BCUT2D eigenvalue weighted by Gasteiger charge is 2.43. The van der Waals surface area contributed by atoms with E-state index in [2.05, 4.69) is 25.8 Å². The van der Waals surface area contributed by atoms with Crippen molar-refractivity contribution in [2.75, 3.05) is 17.7 Å². The van der Waals surface area contributed by atoms with Gasteiger partial charge in [0.05, 0.1) is 12.1 Å². The summed E-state index contributed by atoms with van der Waals surface area (Å²) in [5, 5.41) is 9.93. The fourth-order valence-electron chi connectivity index (χ4n) is 3.31. The van der Waals surface area contributed by atoms with Crippen LogP contribution in [0.1, 0.15) is 34.3 Å². The lowest BCUT2D eigenvalue weighted by Gasteiger charge is -2.10. The van der Waals surface area contributed by atoms with Gasteiger partial charge >= 0.3 is 0 Å². The number of rotatable bonds is 5. The molecule has 0 saturated heterocycles. The van der Waals surface area contributed by atoms with Gasteiger partial charge < -0.3 is 15.2 Å². The first-order valence-electron chi connectivity index (χ1n) is 9.58. The Balaban J connectivity index is 1.41. The number of alkyl halides is 1. The number of fused-ring (bicyclic) bond motifs is 1. The molecule has 2 atom stereocenters. The lowest BCUT2D eigenvalue weighted by atomic mass is 10.1. The van der Waals surface area contributed by atoms with Gasteiger partial charge in [0.2, 0.25) is 11.7 Å². The van der Waals surface area contributed by atoms with Gasteiger partial charge in [-0.05, 0) is 31.0 Å². The second-order valence-corrected chi connectivity index (χ2v) is 7.34. The molecule has 9 heteroatoms. The monoisotopic (exact) mass is 406 g/mol. The molecule has 0 bridgehead atoms. The molecule has 30 heavy (non-hydrogen) atoms. The molecule has 4 aromatic rings. The number of anilines is 2. The van der Waals surface area contributed by atoms with E-state index in [1.807, 2.05) is 38.2 Å². The minimum atomic E-state index is -0.902. The van der Waals surface area contributed by atoms with E-state index < -0.39 is 6.17 Å². The zero-order valence-corrected chi connectivity index (χ0v) is 16.4. The van der Waals surface area contributed by atoms with Gasteiger partial charge in [-0.3, -0.25) is 9.20 Å². The molecule has 0 spiro atoms. The summed E-state index contributed by atoms with van der Waals surface area (Å²) in [6.45, 7) is 1.90. The van der Waals surface area contributed by atoms with Crippen LogP contribution in [-0.4, -0.2) is 38.7 Å². The Hall–Kier alpha value is -3.75. The summed E-state index contributed by atoms with van der Waals surface area (Å²) in [7, 11) is 1.82. The number of amides is 1. The number of hydrogen-bond acceptors (Lipinski definition) is 6. The van der Waals surface area contributed by atoms with E-state index in [0.717, 1.165) is 11.3 Å². The van der Waals surface area contributed by atoms with Crippen molar-refractivity contribution in [1.82, 2.24) is 19.5 Å². The zero-order valence-electron chi connectivity index (χ0n) is 16.4. The number of carbonyl (C=O) groups excluding carboxylic acids is 1. The van der Waals surface area contributed by atoms with E-state index in [-0.39, 0.29) is 11.8 Å². The molecule has 1 aliphatic carbocycles. The summed E-state index contributed by atoms with van der Waals surface area (Å²) in [6, 6.07) is 9.21. The van der Waals surface area contributed by atoms with Crippen LogP contribution in [0, 0.1) is 6.92 Å². The first kappa shape index (κ1) is 18.3. The summed E-state index contributed by atoms with van der Waals surface area (Å²) in [4.78, 5) is 21.5. The normalized spacial score (nSPS) is 17.8. The van der Waals surface area contributed by atoms with Crippen LogP contribution in [-0.2, 0) is 0 Å². The van der Waals surface area contributed by atoms with Crippen LogP contribution in [0.2, 0.25) is 0 Å². The van der Waals surface area contributed by atoms with Crippen molar-refractivity contribution in [2.24, 2.45) is 0 Å². The lowest BCUT2D eigenvalue weighted by Crippen LogP contribution is -2.15. The Kier molecular flexibility index (Phi) is 4.23. The molecule has 0 radical (unpaired) electrons. The van der Waals surface area contributed by atoms with E-state index in [9.17, 15) is 9.18 Å². The van der Waals surface area contributed by atoms with E-state index in [0.29, 0.717) is 40.7 Å². The maximum atomic E-state index is 13.2. The third kappa shape index (κ3) is 3.18. The second-order valence-electron chi connectivity index (χ2n) is 7.34. The summed E-state index contributed by atoms with van der Waals surface area (Å²) in [6.07, 6.45) is 2.85. The Morgan fingerprint density at radius 1 is 1.30 bits per heavy atom. The molecule has 3 heterocycles. The number of halogens is 1. The van der Waals surface area contributed by atoms with Gasteiger partial charge in [0, 0.05) is 36.2 Å². The number of carbonyl (C=O) groups is 1. The van der Waals surface area contributed by atoms with Gasteiger partial charge in [0.25, 0.3) is 5.91 Å². The largest absolute Gasteiger partial charge is 0.388 e. The Morgan fingerprint density at radius 2 is 2.13 bits per heavy atom. The van der Waals surface area contributed by atoms with Crippen LogP contribution in [0.3, 0.4) is 0 Å². The van der Waals surface area contributed by atoms with Crippen LogP contribution in [0.25, 0.3) is 17.0 Å². The average molecular weight is 406 g/mol. The molecule has 1 amide bonds. The number of nitrogens with zero attached hydrogens (tertiary/aromatic N) is 4. The van der Waals surface area contributed by atoms with Gasteiger partial charge in [0.1, 0.15) is 17.5 Å². The Labute approximate surface area is 171 Å². The molecular weight excluding hydrogens is 387 g/mol. The van der Waals surface area contributed by atoms with Crippen LogP contribution in [0.4, 0.5) is 15.8 Å². The van der Waals surface area contributed by atoms with Crippen molar-refractivity contribution < 1.29 is 13.7 Å². The van der Waals surface area contributed by atoms with Gasteiger partial charge in [-0.15, -0.1) is 0 Å². The quantitative estimate of drug-likeness (QED) is 0.523. The number of pyridine rings is 1. The third-order valence-electron chi connectivity index (χ3n) is 5.25. The summed E-state index contributed by atoms with van der Waals surface area (Å²) in [5.74, 6) is 0.103. The standard InChI is InChI=1S/C21H19FN6O2/c1-11-3-4-12(19-26-21(30-27-19)14-9-15(14)22)7-16(11)25-20(29)17-10-24-18-8-13(23-2)5-6-28(17)18/h3-8,10,14-15,23H,9H2,1-2H3,(H,25,29)/t14-,15-/m0/s1. The molecule has 152 valence electrons. The van der Waals surface area contributed by atoms with Crippen molar-refractivity contribution in [3.8, 4) is 11.4 Å². The van der Waals surface area contributed by atoms with Gasteiger partial charge in [-0.1, -0.05) is 17.3 Å². The average Bonchev–Trinajstić information content (AvgIpc) is 3.15. The topological polar surface area (TPSA) is 97.3 Å². The fourth-order valence-corrected chi connectivity index (χ4v) is 3.31. The SMILES string of the molecule is CNc1ccn2c(C(=O)Nc3cc(-c4noc([C@H]5C[C@@H]5F)n4)ccc3C)cnc2c1. The minimum Gasteiger partial charge on any atom is -0.388 e. The summed E-state index contributed by atoms with van der Waals surface area (Å²) >= 11 is 0. The molecule has 0 aliphatic heterocycles. The molecule has 8 nitrogen and oxygen atoms in total. The highest BCUT2D eigenvalue weighted by atomic mass is 19.1. The number of imidazole rings is 1. The summed E-state index contributed by atoms with van der Waals surface area (Å²) < 4.78 is 20.1. The fraction of sp³-hybridized carbons (Fsp3) is 0.238. The van der Waals surface area contributed by atoms with Crippen LogP contribution < -0.4 is 10.6 Å².